The molecule has 0 radical (unpaired) electrons. The molecular formula is C13H20N2OS. The second-order valence-corrected chi connectivity index (χ2v) is 4.50. The van der Waals surface area contributed by atoms with Crippen LogP contribution in [0.3, 0.4) is 0 Å². The Hall–Kier alpha value is -1.13. The highest BCUT2D eigenvalue weighted by molar-refractivity contribution is 7.80. The molecule has 0 aromatic heterocycles. The van der Waals surface area contributed by atoms with Crippen molar-refractivity contribution in [1.82, 2.24) is 10.6 Å². The van der Waals surface area contributed by atoms with Gasteiger partial charge in [-0.25, -0.2) is 0 Å². The predicted molar refractivity (Wildman–Crippen MR) is 75.0 cm³/mol. The fourth-order valence-electron chi connectivity index (χ4n) is 1.31. The number of ether oxygens (including phenoxy) is 1. The lowest BCUT2D eigenvalue weighted by atomic mass is 10.2. The zero-order valence-corrected chi connectivity index (χ0v) is 11.2. The number of benzene rings is 1. The van der Waals surface area contributed by atoms with Crippen molar-refractivity contribution >= 4 is 17.3 Å². The molecule has 0 aliphatic rings. The van der Waals surface area contributed by atoms with Gasteiger partial charge in [0.15, 0.2) is 5.11 Å². The summed E-state index contributed by atoms with van der Waals surface area (Å²) < 4.78 is 5.53. The van der Waals surface area contributed by atoms with Crippen molar-refractivity contribution in [3.8, 4) is 0 Å². The molecule has 1 aromatic rings. The van der Waals surface area contributed by atoms with Gasteiger partial charge in [0.05, 0.1) is 13.2 Å². The van der Waals surface area contributed by atoms with Crippen LogP contribution in [0.1, 0.15) is 19.4 Å². The molecule has 4 heteroatoms. The first-order chi connectivity index (χ1) is 8.18. The van der Waals surface area contributed by atoms with Crippen LogP contribution in [0.25, 0.3) is 0 Å². The summed E-state index contributed by atoms with van der Waals surface area (Å²) in [6.45, 7) is 6.13. The SMILES string of the molecule is CC(C)NC(=S)NCCOCc1ccccc1. The standard InChI is InChI=1S/C13H20N2OS/c1-11(2)15-13(17)14-8-9-16-10-12-6-4-3-5-7-12/h3-7,11H,8-10H2,1-2H3,(H2,14,15,17). The molecule has 0 atom stereocenters. The summed E-state index contributed by atoms with van der Waals surface area (Å²) in [5.74, 6) is 0. The van der Waals surface area contributed by atoms with Crippen molar-refractivity contribution in [2.75, 3.05) is 13.2 Å². The van der Waals surface area contributed by atoms with Crippen LogP contribution in [0, 0.1) is 0 Å². The number of thiocarbonyl (C=S) groups is 1. The minimum absolute atomic E-state index is 0.361. The van der Waals surface area contributed by atoms with E-state index < -0.39 is 0 Å². The van der Waals surface area contributed by atoms with Crippen LogP contribution >= 0.6 is 12.2 Å². The van der Waals surface area contributed by atoms with Gasteiger partial charge in [-0.1, -0.05) is 30.3 Å². The number of hydrogen-bond acceptors (Lipinski definition) is 2. The zero-order valence-electron chi connectivity index (χ0n) is 10.4. The molecule has 94 valence electrons. The van der Waals surface area contributed by atoms with Gasteiger partial charge in [-0.15, -0.1) is 0 Å². The van der Waals surface area contributed by atoms with E-state index in [9.17, 15) is 0 Å². The summed E-state index contributed by atoms with van der Waals surface area (Å²) in [5.41, 5.74) is 1.19. The third kappa shape index (κ3) is 6.92. The minimum atomic E-state index is 0.361. The molecule has 3 nitrogen and oxygen atoms in total. The Labute approximate surface area is 109 Å². The molecule has 17 heavy (non-hydrogen) atoms. The number of rotatable bonds is 6. The topological polar surface area (TPSA) is 33.3 Å². The molecule has 1 aromatic carbocycles. The molecule has 0 saturated heterocycles. The molecule has 2 N–H and O–H groups in total. The van der Waals surface area contributed by atoms with Crippen LogP contribution in [0.5, 0.6) is 0 Å². The van der Waals surface area contributed by atoms with Gasteiger partial charge >= 0.3 is 0 Å². The number of hydrogen-bond donors (Lipinski definition) is 2. The van der Waals surface area contributed by atoms with Crippen LogP contribution < -0.4 is 10.6 Å². The first kappa shape index (κ1) is 13.9. The highest BCUT2D eigenvalue weighted by Crippen LogP contribution is 1.99. The van der Waals surface area contributed by atoms with E-state index in [0.717, 1.165) is 6.54 Å². The van der Waals surface area contributed by atoms with Gasteiger partial charge in [0.1, 0.15) is 0 Å². The molecule has 0 fully saturated rings. The second kappa shape index (κ2) is 8.03. The van der Waals surface area contributed by atoms with Gasteiger partial charge in [0.25, 0.3) is 0 Å². The van der Waals surface area contributed by atoms with Crippen molar-refractivity contribution in [3.05, 3.63) is 35.9 Å². The lowest BCUT2D eigenvalue weighted by Gasteiger charge is -2.13. The zero-order chi connectivity index (χ0) is 12.5. The van der Waals surface area contributed by atoms with Crippen LogP contribution in [0.2, 0.25) is 0 Å². The van der Waals surface area contributed by atoms with Gasteiger partial charge in [-0.2, -0.15) is 0 Å². The highest BCUT2D eigenvalue weighted by Gasteiger charge is 1.97. The third-order valence-electron chi connectivity index (χ3n) is 2.06. The lowest BCUT2D eigenvalue weighted by molar-refractivity contribution is 0.125. The van der Waals surface area contributed by atoms with Gasteiger partial charge < -0.3 is 15.4 Å². The van der Waals surface area contributed by atoms with E-state index in [0.29, 0.717) is 24.4 Å². The molecule has 0 aliphatic carbocycles. The van der Waals surface area contributed by atoms with Crippen LogP contribution in [0.4, 0.5) is 0 Å². The average Bonchev–Trinajstić information content (AvgIpc) is 2.29. The Morgan fingerprint density at radius 3 is 2.65 bits per heavy atom. The average molecular weight is 252 g/mol. The Kier molecular flexibility index (Phi) is 6.58. The van der Waals surface area contributed by atoms with Gasteiger partial charge in [0, 0.05) is 12.6 Å². The smallest absolute Gasteiger partial charge is 0.166 e. The molecule has 0 spiro atoms. The minimum Gasteiger partial charge on any atom is -0.375 e. The molecule has 0 aliphatic heterocycles. The molecule has 0 saturated carbocycles. The van der Waals surface area contributed by atoms with Crippen molar-refractivity contribution in [3.63, 3.8) is 0 Å². The van der Waals surface area contributed by atoms with E-state index in [4.69, 9.17) is 17.0 Å². The second-order valence-electron chi connectivity index (χ2n) is 4.09. The first-order valence-corrected chi connectivity index (χ1v) is 6.25. The van der Waals surface area contributed by atoms with Gasteiger partial charge in [-0.3, -0.25) is 0 Å². The summed E-state index contributed by atoms with van der Waals surface area (Å²) in [5, 5.41) is 6.90. The van der Waals surface area contributed by atoms with Crippen molar-refractivity contribution < 1.29 is 4.74 Å². The Balaban J connectivity index is 2.03. The van der Waals surface area contributed by atoms with Crippen molar-refractivity contribution in [2.24, 2.45) is 0 Å². The molecule has 0 unspecified atom stereocenters. The van der Waals surface area contributed by atoms with Crippen LogP contribution in [0.15, 0.2) is 30.3 Å². The van der Waals surface area contributed by atoms with E-state index in [1.165, 1.54) is 5.56 Å². The van der Waals surface area contributed by atoms with E-state index in [2.05, 4.69) is 36.6 Å². The van der Waals surface area contributed by atoms with E-state index in [1.54, 1.807) is 0 Å². The largest absolute Gasteiger partial charge is 0.375 e. The Bertz CT molecular complexity index is 327. The Morgan fingerprint density at radius 1 is 1.29 bits per heavy atom. The maximum absolute atomic E-state index is 5.53. The fourth-order valence-corrected chi connectivity index (χ4v) is 1.65. The molecule has 0 amide bonds. The monoisotopic (exact) mass is 252 g/mol. The van der Waals surface area contributed by atoms with Gasteiger partial charge in [-0.05, 0) is 31.6 Å². The van der Waals surface area contributed by atoms with Crippen LogP contribution in [-0.2, 0) is 11.3 Å². The molecule has 0 heterocycles. The van der Waals surface area contributed by atoms with E-state index in [-0.39, 0.29) is 0 Å². The fraction of sp³-hybridized carbons (Fsp3) is 0.462. The predicted octanol–water partition coefficient (Wildman–Crippen LogP) is 2.08. The number of nitrogens with one attached hydrogen (secondary N) is 2. The molecule has 0 bridgehead atoms. The normalized spacial score (nSPS) is 10.3. The maximum Gasteiger partial charge on any atom is 0.166 e. The summed E-state index contributed by atoms with van der Waals surface area (Å²) in [4.78, 5) is 0. The summed E-state index contributed by atoms with van der Waals surface area (Å²) >= 11 is 5.10. The van der Waals surface area contributed by atoms with Crippen molar-refractivity contribution in [1.29, 1.82) is 0 Å². The third-order valence-corrected chi connectivity index (χ3v) is 2.33. The lowest BCUT2D eigenvalue weighted by Crippen LogP contribution is -2.40. The Morgan fingerprint density at radius 2 is 2.00 bits per heavy atom. The molecule has 1 rings (SSSR count). The summed E-state index contributed by atoms with van der Waals surface area (Å²) in [6.07, 6.45) is 0. The van der Waals surface area contributed by atoms with E-state index in [1.807, 2.05) is 18.2 Å². The van der Waals surface area contributed by atoms with Crippen molar-refractivity contribution in [2.45, 2.75) is 26.5 Å². The van der Waals surface area contributed by atoms with Gasteiger partial charge in [0.2, 0.25) is 0 Å². The molecular weight excluding hydrogens is 232 g/mol. The summed E-state index contributed by atoms with van der Waals surface area (Å²) in [7, 11) is 0. The summed E-state index contributed by atoms with van der Waals surface area (Å²) in [6, 6.07) is 10.5. The maximum atomic E-state index is 5.53. The highest BCUT2D eigenvalue weighted by atomic mass is 32.1. The van der Waals surface area contributed by atoms with Crippen LogP contribution in [-0.4, -0.2) is 24.3 Å². The van der Waals surface area contributed by atoms with E-state index >= 15 is 0 Å². The quantitative estimate of drug-likeness (QED) is 0.600. The first-order valence-electron chi connectivity index (χ1n) is 5.84.